The minimum Gasteiger partial charge on any atom is -0.298 e. The lowest BCUT2D eigenvalue weighted by molar-refractivity contribution is 1.75. The van der Waals surface area contributed by atoms with Crippen molar-refractivity contribution >= 4 is 49.8 Å². The summed E-state index contributed by atoms with van der Waals surface area (Å²) in [5.41, 5.74) is 0.961. The summed E-state index contributed by atoms with van der Waals surface area (Å²) >= 11 is 5.80. The molecule has 4 aromatic rings. The van der Waals surface area contributed by atoms with Crippen molar-refractivity contribution in [1.82, 2.24) is 0 Å². The van der Waals surface area contributed by atoms with Crippen molar-refractivity contribution < 1.29 is 0 Å². The number of benzene rings is 4. The van der Waals surface area contributed by atoms with Crippen LogP contribution in [0.15, 0.2) is 54.6 Å². The van der Waals surface area contributed by atoms with Gasteiger partial charge >= 0.3 is 0 Å². The van der Waals surface area contributed by atoms with Crippen molar-refractivity contribution in [3.63, 3.8) is 0 Å². The van der Waals surface area contributed by atoms with Gasteiger partial charge in [-0.3, -0.25) is 4.84 Å². The molecule has 18 heavy (non-hydrogen) atoms. The third-order valence-corrected chi connectivity index (χ3v) is 3.83. The maximum Gasteiger partial charge on any atom is 0.0570 e. The van der Waals surface area contributed by atoms with E-state index in [0.717, 1.165) is 5.69 Å². The molecule has 0 aliphatic heterocycles. The number of hydrogen-bond acceptors (Lipinski definition) is 1. The molecule has 0 atom stereocenters. The molecular weight excluding hydrogens is 242 g/mol. The van der Waals surface area contributed by atoms with Crippen LogP contribution in [0.4, 0.5) is 5.69 Å². The largest absolute Gasteiger partial charge is 0.298 e. The van der Waals surface area contributed by atoms with Gasteiger partial charge in [-0.25, -0.2) is 0 Å². The molecule has 0 spiro atoms. The van der Waals surface area contributed by atoms with Gasteiger partial charge in [0.05, 0.1) is 5.69 Å². The highest BCUT2D eigenvalue weighted by atomic mass is 35.5. The van der Waals surface area contributed by atoms with Crippen molar-refractivity contribution in [2.24, 2.45) is 0 Å². The first-order chi connectivity index (χ1) is 8.88. The SMILES string of the molecule is ClNc1ccc2ccc3cccc4ccc1c2c34. The zero-order valence-corrected chi connectivity index (χ0v) is 10.3. The van der Waals surface area contributed by atoms with Crippen LogP contribution in [-0.4, -0.2) is 0 Å². The summed E-state index contributed by atoms with van der Waals surface area (Å²) in [6, 6.07) is 19.2. The Morgan fingerprint density at radius 1 is 0.667 bits per heavy atom. The Kier molecular flexibility index (Phi) is 1.94. The van der Waals surface area contributed by atoms with Crippen LogP contribution in [0.3, 0.4) is 0 Å². The topological polar surface area (TPSA) is 12.0 Å². The van der Waals surface area contributed by atoms with Gasteiger partial charge in [-0.15, -0.1) is 0 Å². The van der Waals surface area contributed by atoms with E-state index in [2.05, 4.69) is 53.4 Å². The molecule has 0 aromatic heterocycles. The summed E-state index contributed by atoms with van der Waals surface area (Å²) in [5, 5.41) is 7.59. The zero-order valence-electron chi connectivity index (χ0n) is 9.57. The standard InChI is InChI=1S/C16H10ClN/c17-18-14-9-7-12-5-4-10-2-1-3-11-6-8-13(14)16(12)15(10)11/h1-9,18H. The molecular formula is C16H10ClN. The minimum atomic E-state index is 0.961. The van der Waals surface area contributed by atoms with Gasteiger partial charge in [-0.05, 0) is 33.0 Å². The maximum absolute atomic E-state index is 5.80. The number of halogens is 1. The lowest BCUT2D eigenvalue weighted by Crippen LogP contribution is -1.87. The molecule has 0 saturated carbocycles. The first kappa shape index (κ1) is 9.98. The van der Waals surface area contributed by atoms with Crippen molar-refractivity contribution in [2.45, 2.75) is 0 Å². The van der Waals surface area contributed by atoms with Crippen LogP contribution < -0.4 is 4.84 Å². The summed E-state index contributed by atoms with van der Waals surface area (Å²) in [6.45, 7) is 0. The number of rotatable bonds is 1. The summed E-state index contributed by atoms with van der Waals surface area (Å²) in [7, 11) is 0. The molecule has 0 radical (unpaired) electrons. The molecule has 1 nitrogen and oxygen atoms in total. The van der Waals surface area contributed by atoms with Crippen molar-refractivity contribution in [3.05, 3.63) is 54.6 Å². The van der Waals surface area contributed by atoms with Crippen molar-refractivity contribution in [1.29, 1.82) is 0 Å². The smallest absolute Gasteiger partial charge is 0.0570 e. The Hall–Kier alpha value is -1.99. The Morgan fingerprint density at radius 3 is 2.00 bits per heavy atom. The van der Waals surface area contributed by atoms with Gasteiger partial charge in [-0.1, -0.05) is 48.5 Å². The van der Waals surface area contributed by atoms with Crippen molar-refractivity contribution in [3.8, 4) is 0 Å². The summed E-state index contributed by atoms with van der Waals surface area (Å²) in [6.07, 6.45) is 0. The van der Waals surface area contributed by atoms with Gasteiger partial charge in [-0.2, -0.15) is 0 Å². The third kappa shape index (κ3) is 1.17. The Morgan fingerprint density at radius 2 is 1.28 bits per heavy atom. The van der Waals surface area contributed by atoms with Crippen LogP contribution in [0.1, 0.15) is 0 Å². The van der Waals surface area contributed by atoms with Crippen LogP contribution in [0.2, 0.25) is 0 Å². The zero-order chi connectivity index (χ0) is 12.1. The van der Waals surface area contributed by atoms with Crippen LogP contribution in [0.5, 0.6) is 0 Å². The average molecular weight is 252 g/mol. The number of hydrogen-bond donors (Lipinski definition) is 1. The van der Waals surface area contributed by atoms with Gasteiger partial charge in [0.25, 0.3) is 0 Å². The molecule has 1 N–H and O–H groups in total. The Labute approximate surface area is 109 Å². The van der Waals surface area contributed by atoms with E-state index in [1.54, 1.807) is 0 Å². The Balaban J connectivity index is 2.40. The van der Waals surface area contributed by atoms with E-state index in [-0.39, 0.29) is 0 Å². The van der Waals surface area contributed by atoms with E-state index < -0.39 is 0 Å². The first-order valence-corrected chi connectivity index (χ1v) is 6.29. The summed E-state index contributed by atoms with van der Waals surface area (Å²) in [5.74, 6) is 0. The third-order valence-electron chi connectivity index (χ3n) is 3.63. The highest BCUT2D eigenvalue weighted by Gasteiger charge is 2.09. The molecule has 0 unspecified atom stereocenters. The van der Waals surface area contributed by atoms with E-state index >= 15 is 0 Å². The first-order valence-electron chi connectivity index (χ1n) is 5.92. The minimum absolute atomic E-state index is 0.961. The van der Waals surface area contributed by atoms with Gasteiger partial charge in [0.1, 0.15) is 0 Å². The van der Waals surface area contributed by atoms with Crippen LogP contribution >= 0.6 is 11.8 Å². The monoisotopic (exact) mass is 251 g/mol. The van der Waals surface area contributed by atoms with Crippen molar-refractivity contribution in [2.75, 3.05) is 4.84 Å². The van der Waals surface area contributed by atoms with Gasteiger partial charge in [0, 0.05) is 17.2 Å². The molecule has 0 saturated heterocycles. The molecule has 0 bridgehead atoms. The molecule has 0 amide bonds. The summed E-state index contributed by atoms with van der Waals surface area (Å²) in [4.78, 5) is 2.75. The lowest BCUT2D eigenvalue weighted by atomic mass is 9.94. The fraction of sp³-hybridized carbons (Fsp3) is 0. The van der Waals surface area contributed by atoms with E-state index in [1.807, 2.05) is 6.07 Å². The predicted molar refractivity (Wildman–Crippen MR) is 79.6 cm³/mol. The van der Waals surface area contributed by atoms with Gasteiger partial charge in [0.2, 0.25) is 0 Å². The molecule has 2 heteroatoms. The van der Waals surface area contributed by atoms with E-state index in [1.165, 1.54) is 32.3 Å². The molecule has 4 rings (SSSR count). The van der Waals surface area contributed by atoms with Gasteiger partial charge in [0.15, 0.2) is 0 Å². The second kappa shape index (κ2) is 3.50. The maximum atomic E-state index is 5.80. The van der Waals surface area contributed by atoms with Gasteiger partial charge < -0.3 is 0 Å². The fourth-order valence-corrected chi connectivity index (χ4v) is 2.98. The number of anilines is 1. The second-order valence-corrected chi connectivity index (χ2v) is 4.75. The summed E-state index contributed by atoms with van der Waals surface area (Å²) < 4.78 is 0. The molecule has 86 valence electrons. The fourth-order valence-electron chi connectivity index (χ4n) is 2.82. The van der Waals surface area contributed by atoms with E-state index in [0.29, 0.717) is 0 Å². The highest BCUT2D eigenvalue weighted by Crippen LogP contribution is 2.37. The molecule has 0 fully saturated rings. The average Bonchev–Trinajstić information content (AvgIpc) is 2.44. The quantitative estimate of drug-likeness (QED) is 0.364. The van der Waals surface area contributed by atoms with Crippen LogP contribution in [0.25, 0.3) is 32.3 Å². The van der Waals surface area contributed by atoms with E-state index in [9.17, 15) is 0 Å². The molecule has 0 aliphatic rings. The lowest BCUT2D eigenvalue weighted by Gasteiger charge is -2.12. The van der Waals surface area contributed by atoms with Crippen LogP contribution in [-0.2, 0) is 0 Å². The van der Waals surface area contributed by atoms with E-state index in [4.69, 9.17) is 11.8 Å². The normalized spacial score (nSPS) is 11.6. The molecule has 4 aromatic carbocycles. The predicted octanol–water partition coefficient (Wildman–Crippen LogP) is 5.15. The molecule has 0 heterocycles. The second-order valence-electron chi connectivity index (χ2n) is 4.56. The molecule has 0 aliphatic carbocycles. The van der Waals surface area contributed by atoms with Crippen LogP contribution in [0, 0.1) is 0 Å². The Bertz CT molecular complexity index is 851. The number of nitrogens with one attached hydrogen (secondary N) is 1. The highest BCUT2D eigenvalue weighted by molar-refractivity contribution is 6.30.